The molecule has 82 valence electrons. The van der Waals surface area contributed by atoms with E-state index in [1.54, 1.807) is 32.9 Å². The number of halogens is 2. The molecule has 5 heteroatoms. The van der Waals surface area contributed by atoms with Crippen molar-refractivity contribution in [1.82, 2.24) is 4.98 Å². The minimum absolute atomic E-state index is 0.126. The van der Waals surface area contributed by atoms with Crippen LogP contribution in [0.4, 0.5) is 0 Å². The highest BCUT2D eigenvalue weighted by molar-refractivity contribution is 9.10. The highest BCUT2D eigenvalue weighted by Gasteiger charge is 2.21. The molecule has 0 saturated heterocycles. The van der Waals surface area contributed by atoms with Crippen LogP contribution in [0.3, 0.4) is 0 Å². The van der Waals surface area contributed by atoms with Crippen molar-refractivity contribution in [3.05, 3.63) is 27.5 Å². The molecule has 1 aromatic rings. The summed E-state index contributed by atoms with van der Waals surface area (Å²) in [6.07, 6.45) is 0. The van der Waals surface area contributed by atoms with Crippen molar-refractivity contribution >= 4 is 33.5 Å². The largest absolute Gasteiger partial charge is 0.455 e. The summed E-state index contributed by atoms with van der Waals surface area (Å²) in [5.74, 6) is -0.520. The van der Waals surface area contributed by atoms with Crippen LogP contribution < -0.4 is 0 Å². The maximum Gasteiger partial charge on any atom is 0.359 e. The van der Waals surface area contributed by atoms with E-state index in [0.717, 1.165) is 0 Å². The van der Waals surface area contributed by atoms with Gasteiger partial charge in [0.1, 0.15) is 10.2 Å². The Kier molecular flexibility index (Phi) is 3.73. The van der Waals surface area contributed by atoms with Crippen LogP contribution in [0.2, 0.25) is 5.02 Å². The first-order valence-corrected chi connectivity index (χ1v) is 5.52. The van der Waals surface area contributed by atoms with Crippen molar-refractivity contribution < 1.29 is 9.53 Å². The number of aromatic nitrogens is 1. The smallest absolute Gasteiger partial charge is 0.359 e. The van der Waals surface area contributed by atoms with Gasteiger partial charge in [0.25, 0.3) is 0 Å². The van der Waals surface area contributed by atoms with Crippen LogP contribution in [-0.4, -0.2) is 16.6 Å². The van der Waals surface area contributed by atoms with Crippen LogP contribution in [0.1, 0.15) is 31.3 Å². The van der Waals surface area contributed by atoms with E-state index in [1.165, 1.54) is 0 Å². The van der Waals surface area contributed by atoms with Gasteiger partial charge >= 0.3 is 5.97 Å². The summed E-state index contributed by atoms with van der Waals surface area (Å²) in [5.41, 5.74) is -0.425. The number of ether oxygens (including phenoxy) is 1. The zero-order valence-corrected chi connectivity index (χ0v) is 11.0. The third-order valence-electron chi connectivity index (χ3n) is 1.40. The molecule has 0 atom stereocenters. The van der Waals surface area contributed by atoms with E-state index in [9.17, 15) is 4.79 Å². The van der Waals surface area contributed by atoms with Crippen molar-refractivity contribution in [1.29, 1.82) is 0 Å². The SMILES string of the molecule is CC(C)(C)OC(=O)c1nc(Br)ccc1Cl. The Hall–Kier alpha value is -0.610. The fourth-order valence-corrected chi connectivity index (χ4v) is 1.38. The molecule has 1 heterocycles. The Labute approximate surface area is 102 Å². The van der Waals surface area contributed by atoms with Crippen LogP contribution >= 0.6 is 27.5 Å². The molecule has 15 heavy (non-hydrogen) atoms. The number of hydrogen-bond acceptors (Lipinski definition) is 3. The van der Waals surface area contributed by atoms with Gasteiger partial charge in [0, 0.05) is 0 Å². The van der Waals surface area contributed by atoms with E-state index >= 15 is 0 Å². The molecule has 0 aromatic carbocycles. The monoisotopic (exact) mass is 291 g/mol. The van der Waals surface area contributed by atoms with Gasteiger partial charge < -0.3 is 4.74 Å². The van der Waals surface area contributed by atoms with Crippen LogP contribution in [0.15, 0.2) is 16.7 Å². The van der Waals surface area contributed by atoms with Gasteiger partial charge in [-0.15, -0.1) is 0 Å². The van der Waals surface area contributed by atoms with E-state index in [-0.39, 0.29) is 10.7 Å². The normalized spacial score (nSPS) is 11.3. The fourth-order valence-electron chi connectivity index (χ4n) is 0.888. The third kappa shape index (κ3) is 3.80. The number of nitrogens with zero attached hydrogens (tertiary/aromatic N) is 1. The predicted molar refractivity (Wildman–Crippen MR) is 62.1 cm³/mol. The molecular formula is C10H11BrClNO2. The molecule has 0 bridgehead atoms. The highest BCUT2D eigenvalue weighted by Crippen LogP contribution is 2.20. The van der Waals surface area contributed by atoms with Crippen molar-refractivity contribution in [2.75, 3.05) is 0 Å². The maximum atomic E-state index is 11.6. The minimum Gasteiger partial charge on any atom is -0.455 e. The van der Waals surface area contributed by atoms with Gasteiger partial charge in [-0.05, 0) is 48.8 Å². The lowest BCUT2D eigenvalue weighted by Gasteiger charge is -2.19. The summed E-state index contributed by atoms with van der Waals surface area (Å²) in [6.45, 7) is 5.37. The molecule has 1 rings (SSSR count). The van der Waals surface area contributed by atoms with Crippen molar-refractivity contribution in [3.63, 3.8) is 0 Å². The first-order valence-electron chi connectivity index (χ1n) is 4.35. The Morgan fingerprint density at radius 3 is 2.60 bits per heavy atom. The standard InChI is InChI=1S/C10H11BrClNO2/c1-10(2,3)15-9(14)8-6(12)4-5-7(11)13-8/h4-5H,1-3H3. The third-order valence-corrected chi connectivity index (χ3v) is 2.15. The number of rotatable bonds is 1. The van der Waals surface area contributed by atoms with Gasteiger partial charge in [-0.1, -0.05) is 11.6 Å². The lowest BCUT2D eigenvalue weighted by Crippen LogP contribution is -2.24. The molecule has 0 amide bonds. The number of carbonyl (C=O) groups is 1. The van der Waals surface area contributed by atoms with Crippen molar-refractivity contribution in [3.8, 4) is 0 Å². The number of carbonyl (C=O) groups excluding carboxylic acids is 1. The Bertz CT molecular complexity index is 387. The lowest BCUT2D eigenvalue weighted by atomic mass is 10.2. The summed E-state index contributed by atoms with van der Waals surface area (Å²) in [5, 5.41) is 0.285. The second-order valence-corrected chi connectivity index (χ2v) is 5.19. The van der Waals surface area contributed by atoms with Crippen LogP contribution in [-0.2, 0) is 4.74 Å². The average molecular weight is 293 g/mol. The van der Waals surface area contributed by atoms with Crippen molar-refractivity contribution in [2.24, 2.45) is 0 Å². The van der Waals surface area contributed by atoms with E-state index in [2.05, 4.69) is 20.9 Å². The quantitative estimate of drug-likeness (QED) is 0.588. The molecule has 0 fully saturated rings. The van der Waals surface area contributed by atoms with Gasteiger partial charge in [-0.3, -0.25) is 0 Å². The molecule has 0 radical (unpaired) electrons. The van der Waals surface area contributed by atoms with E-state index < -0.39 is 11.6 Å². The maximum absolute atomic E-state index is 11.6. The average Bonchev–Trinajstić information content (AvgIpc) is 2.06. The number of pyridine rings is 1. The Morgan fingerprint density at radius 2 is 2.07 bits per heavy atom. The zero-order chi connectivity index (χ0) is 11.6. The van der Waals surface area contributed by atoms with Crippen LogP contribution in [0, 0.1) is 0 Å². The lowest BCUT2D eigenvalue weighted by molar-refractivity contribution is 0.00629. The fraction of sp³-hybridized carbons (Fsp3) is 0.400. The first kappa shape index (κ1) is 12.5. The Balaban J connectivity index is 2.96. The number of esters is 1. The van der Waals surface area contributed by atoms with Gasteiger partial charge in [-0.2, -0.15) is 0 Å². The first-order chi connectivity index (χ1) is 6.79. The van der Waals surface area contributed by atoms with Gasteiger partial charge in [0.15, 0.2) is 5.69 Å². The molecule has 0 unspecified atom stereocenters. The van der Waals surface area contributed by atoms with Crippen LogP contribution in [0.5, 0.6) is 0 Å². The predicted octanol–water partition coefficient (Wildman–Crippen LogP) is 3.45. The van der Waals surface area contributed by atoms with Gasteiger partial charge in [0.05, 0.1) is 5.02 Å². The summed E-state index contributed by atoms with van der Waals surface area (Å²) in [6, 6.07) is 3.26. The molecule has 3 nitrogen and oxygen atoms in total. The Morgan fingerprint density at radius 1 is 1.47 bits per heavy atom. The van der Waals surface area contributed by atoms with E-state index in [4.69, 9.17) is 16.3 Å². The zero-order valence-electron chi connectivity index (χ0n) is 8.67. The summed E-state index contributed by atoms with van der Waals surface area (Å²) in [7, 11) is 0. The highest BCUT2D eigenvalue weighted by atomic mass is 79.9. The van der Waals surface area contributed by atoms with Gasteiger partial charge in [0.2, 0.25) is 0 Å². The summed E-state index contributed by atoms with van der Waals surface area (Å²) in [4.78, 5) is 15.6. The summed E-state index contributed by atoms with van der Waals surface area (Å²) >= 11 is 9.00. The molecule has 0 spiro atoms. The van der Waals surface area contributed by atoms with E-state index in [1.807, 2.05) is 0 Å². The minimum atomic E-state index is -0.551. The molecular weight excluding hydrogens is 281 g/mol. The molecule has 0 aliphatic carbocycles. The second kappa shape index (κ2) is 4.49. The number of hydrogen-bond donors (Lipinski definition) is 0. The second-order valence-electron chi connectivity index (χ2n) is 3.97. The van der Waals surface area contributed by atoms with Crippen LogP contribution in [0.25, 0.3) is 0 Å². The topological polar surface area (TPSA) is 39.2 Å². The molecule has 1 aromatic heterocycles. The molecule has 0 aliphatic heterocycles. The summed E-state index contributed by atoms with van der Waals surface area (Å²) < 4.78 is 5.70. The van der Waals surface area contributed by atoms with E-state index in [0.29, 0.717) is 4.60 Å². The molecule has 0 N–H and O–H groups in total. The van der Waals surface area contributed by atoms with Crippen molar-refractivity contribution in [2.45, 2.75) is 26.4 Å². The molecule has 0 aliphatic rings. The molecule has 0 saturated carbocycles. The van der Waals surface area contributed by atoms with Gasteiger partial charge in [-0.25, -0.2) is 9.78 Å².